The van der Waals surface area contributed by atoms with Crippen LogP contribution in [-0.2, 0) is 6.42 Å². The van der Waals surface area contributed by atoms with Crippen molar-refractivity contribution in [1.82, 2.24) is 5.32 Å². The van der Waals surface area contributed by atoms with Gasteiger partial charge in [0.05, 0.1) is 3.79 Å². The van der Waals surface area contributed by atoms with Crippen LogP contribution in [0.25, 0.3) is 0 Å². The number of alkyl halides is 2. The van der Waals surface area contributed by atoms with E-state index in [0.717, 1.165) is 16.8 Å². The molecule has 0 radical (unpaired) electrons. The number of hydrogen-bond donors (Lipinski definition) is 1. The van der Waals surface area contributed by atoms with Crippen LogP contribution in [-0.4, -0.2) is 18.5 Å². The van der Waals surface area contributed by atoms with Gasteiger partial charge in [0.1, 0.15) is 0 Å². The number of rotatable bonds is 5. The van der Waals surface area contributed by atoms with Gasteiger partial charge in [0, 0.05) is 23.8 Å². The van der Waals surface area contributed by atoms with E-state index in [1.54, 1.807) is 11.3 Å². The summed E-state index contributed by atoms with van der Waals surface area (Å²) in [5.74, 6) is -2.35. The van der Waals surface area contributed by atoms with Crippen molar-refractivity contribution < 1.29 is 8.78 Å². The molecular weight excluding hydrogens is 320 g/mol. The minimum absolute atomic E-state index is 0.0389. The molecule has 5 heteroatoms. The largest absolute Gasteiger partial charge is 0.314 e. The molecule has 0 aliphatic heterocycles. The van der Waals surface area contributed by atoms with Crippen LogP contribution in [0.15, 0.2) is 15.9 Å². The average molecular weight is 338 g/mol. The molecule has 1 aliphatic carbocycles. The predicted octanol–water partition coefficient (Wildman–Crippen LogP) is 4.47. The van der Waals surface area contributed by atoms with E-state index in [9.17, 15) is 8.78 Å². The minimum Gasteiger partial charge on any atom is -0.314 e. The van der Waals surface area contributed by atoms with Crippen molar-refractivity contribution in [3.63, 3.8) is 0 Å². The smallest absolute Gasteiger partial charge is 0.248 e. The van der Waals surface area contributed by atoms with Gasteiger partial charge >= 0.3 is 0 Å². The fourth-order valence-corrected chi connectivity index (χ4v) is 4.22. The molecule has 0 bridgehead atoms. The molecule has 2 atom stereocenters. The van der Waals surface area contributed by atoms with E-state index in [2.05, 4.69) is 27.3 Å². The molecule has 18 heavy (non-hydrogen) atoms. The zero-order valence-corrected chi connectivity index (χ0v) is 12.8. The summed E-state index contributed by atoms with van der Waals surface area (Å²) in [6.07, 6.45) is 1.58. The molecule has 0 aromatic carbocycles. The third-order valence-electron chi connectivity index (χ3n) is 3.53. The van der Waals surface area contributed by atoms with Crippen LogP contribution in [0.4, 0.5) is 8.78 Å². The molecule has 1 N–H and O–H groups in total. The lowest BCUT2D eigenvalue weighted by Crippen LogP contribution is -2.37. The Morgan fingerprint density at radius 2 is 2.33 bits per heavy atom. The summed E-state index contributed by atoms with van der Waals surface area (Å²) in [4.78, 5) is 1.25. The highest BCUT2D eigenvalue weighted by molar-refractivity contribution is 9.11. The van der Waals surface area contributed by atoms with Crippen molar-refractivity contribution in [1.29, 1.82) is 0 Å². The second-order valence-corrected chi connectivity index (χ2v) is 7.48. The van der Waals surface area contributed by atoms with E-state index < -0.39 is 5.92 Å². The Bertz CT molecular complexity index is 394. The predicted molar refractivity (Wildman–Crippen MR) is 75.5 cm³/mol. The van der Waals surface area contributed by atoms with Crippen LogP contribution < -0.4 is 5.32 Å². The number of hydrogen-bond acceptors (Lipinski definition) is 2. The average Bonchev–Trinajstić information content (AvgIpc) is 2.84. The third kappa shape index (κ3) is 3.75. The van der Waals surface area contributed by atoms with Crippen LogP contribution in [0.3, 0.4) is 0 Å². The van der Waals surface area contributed by atoms with E-state index in [0.29, 0.717) is 6.42 Å². The molecule has 1 heterocycles. The van der Waals surface area contributed by atoms with Gasteiger partial charge in [-0.05, 0) is 53.4 Å². The first-order chi connectivity index (χ1) is 8.50. The highest BCUT2D eigenvalue weighted by Crippen LogP contribution is 2.41. The Morgan fingerprint density at radius 3 is 2.83 bits per heavy atom. The molecule has 1 aliphatic rings. The van der Waals surface area contributed by atoms with Crippen molar-refractivity contribution in [3.05, 3.63) is 20.8 Å². The Morgan fingerprint density at radius 1 is 1.56 bits per heavy atom. The zero-order valence-electron chi connectivity index (χ0n) is 10.4. The Balaban J connectivity index is 2.00. The molecule has 0 saturated heterocycles. The Kier molecular flexibility index (Phi) is 4.78. The van der Waals surface area contributed by atoms with Crippen molar-refractivity contribution >= 4 is 27.3 Å². The molecule has 2 unspecified atom stereocenters. The standard InChI is InChI=1S/C13H18BrF2NS/c1-2-17-11(7-10-3-4-12(14)18-10)9-5-6-13(15,16)8-9/h3-4,9,11,17H,2,5-8H2,1H3. The first-order valence-corrected chi connectivity index (χ1v) is 7.96. The summed E-state index contributed by atoms with van der Waals surface area (Å²) >= 11 is 5.13. The van der Waals surface area contributed by atoms with Gasteiger partial charge in [0.15, 0.2) is 0 Å². The van der Waals surface area contributed by atoms with Crippen LogP contribution in [0.5, 0.6) is 0 Å². The van der Waals surface area contributed by atoms with E-state index in [1.807, 2.05) is 13.0 Å². The van der Waals surface area contributed by atoms with Gasteiger partial charge in [-0.1, -0.05) is 6.92 Å². The van der Waals surface area contributed by atoms with Crippen molar-refractivity contribution in [3.8, 4) is 0 Å². The number of nitrogens with one attached hydrogen (secondary N) is 1. The van der Waals surface area contributed by atoms with Crippen LogP contribution in [0.2, 0.25) is 0 Å². The lowest BCUT2D eigenvalue weighted by molar-refractivity contribution is 0.00334. The minimum atomic E-state index is -2.45. The fourth-order valence-electron chi connectivity index (χ4n) is 2.67. The molecule has 1 aromatic heterocycles. The summed E-state index contributed by atoms with van der Waals surface area (Å²) in [6.45, 7) is 2.86. The maximum Gasteiger partial charge on any atom is 0.248 e. The van der Waals surface area contributed by atoms with Crippen molar-refractivity contribution in [2.45, 2.75) is 44.6 Å². The molecular formula is C13H18BrF2NS. The SMILES string of the molecule is CCNC(Cc1ccc(Br)s1)C1CCC(F)(F)C1. The van der Waals surface area contributed by atoms with E-state index >= 15 is 0 Å². The molecule has 0 amide bonds. The Hall–Kier alpha value is -0.0000000000000000833. The molecule has 102 valence electrons. The highest BCUT2D eigenvalue weighted by atomic mass is 79.9. The van der Waals surface area contributed by atoms with Crippen molar-refractivity contribution in [2.24, 2.45) is 5.92 Å². The van der Waals surface area contributed by atoms with E-state index in [4.69, 9.17) is 0 Å². The van der Waals surface area contributed by atoms with E-state index in [1.165, 1.54) is 4.88 Å². The number of likely N-dealkylation sites (N-methyl/N-ethyl adjacent to an activating group) is 1. The van der Waals surface area contributed by atoms with E-state index in [-0.39, 0.29) is 24.8 Å². The van der Waals surface area contributed by atoms with Crippen LogP contribution in [0, 0.1) is 5.92 Å². The maximum absolute atomic E-state index is 13.3. The maximum atomic E-state index is 13.3. The summed E-state index contributed by atoms with van der Waals surface area (Å²) in [5.41, 5.74) is 0. The molecule has 1 saturated carbocycles. The summed E-state index contributed by atoms with van der Waals surface area (Å²) in [5, 5.41) is 3.38. The lowest BCUT2D eigenvalue weighted by Gasteiger charge is -2.24. The normalized spacial score (nSPS) is 24.3. The topological polar surface area (TPSA) is 12.0 Å². The molecule has 1 nitrogen and oxygen atoms in total. The second-order valence-electron chi connectivity index (χ2n) is 4.93. The number of thiophene rings is 1. The molecule has 1 fully saturated rings. The molecule has 0 spiro atoms. The van der Waals surface area contributed by atoms with Crippen LogP contribution in [0.1, 0.15) is 31.1 Å². The second kappa shape index (κ2) is 5.97. The van der Waals surface area contributed by atoms with Crippen LogP contribution >= 0.6 is 27.3 Å². The number of halogens is 3. The lowest BCUT2D eigenvalue weighted by atomic mass is 9.94. The summed E-state index contributed by atoms with van der Waals surface area (Å²) in [7, 11) is 0. The summed E-state index contributed by atoms with van der Waals surface area (Å²) < 4.78 is 27.7. The van der Waals surface area contributed by atoms with Gasteiger partial charge in [0.2, 0.25) is 5.92 Å². The fraction of sp³-hybridized carbons (Fsp3) is 0.692. The van der Waals surface area contributed by atoms with Gasteiger partial charge in [0.25, 0.3) is 0 Å². The van der Waals surface area contributed by atoms with Crippen molar-refractivity contribution in [2.75, 3.05) is 6.54 Å². The van der Waals surface area contributed by atoms with Gasteiger partial charge in [-0.15, -0.1) is 11.3 Å². The zero-order chi connectivity index (χ0) is 13.2. The van der Waals surface area contributed by atoms with Gasteiger partial charge in [-0.25, -0.2) is 8.78 Å². The summed E-state index contributed by atoms with van der Waals surface area (Å²) in [6, 6.07) is 4.27. The quantitative estimate of drug-likeness (QED) is 0.835. The van der Waals surface area contributed by atoms with Gasteiger partial charge < -0.3 is 5.32 Å². The molecule has 2 rings (SSSR count). The first kappa shape index (κ1) is 14.4. The first-order valence-electron chi connectivity index (χ1n) is 6.35. The highest BCUT2D eigenvalue weighted by Gasteiger charge is 2.42. The monoisotopic (exact) mass is 337 g/mol. The van der Waals surface area contributed by atoms with Gasteiger partial charge in [-0.2, -0.15) is 0 Å². The Labute approximate surface area is 119 Å². The van der Waals surface area contributed by atoms with Gasteiger partial charge in [-0.3, -0.25) is 0 Å². The molecule has 1 aromatic rings. The third-order valence-corrected chi connectivity index (χ3v) is 5.17.